The highest BCUT2D eigenvalue weighted by Gasteiger charge is 2.16. The monoisotopic (exact) mass is 411 g/mol. The van der Waals surface area contributed by atoms with Crippen molar-refractivity contribution in [2.45, 2.75) is 18.9 Å². The third kappa shape index (κ3) is 6.59. The molecule has 0 aromatic heterocycles. The van der Waals surface area contributed by atoms with Gasteiger partial charge in [-0.15, -0.1) is 0 Å². The van der Waals surface area contributed by atoms with E-state index < -0.39 is 0 Å². The first kappa shape index (κ1) is 21.3. The van der Waals surface area contributed by atoms with Crippen molar-refractivity contribution in [3.05, 3.63) is 59.7 Å². The average molecular weight is 411 g/mol. The van der Waals surface area contributed by atoms with E-state index in [1.165, 1.54) is 6.21 Å². The Labute approximate surface area is 175 Å². The van der Waals surface area contributed by atoms with Crippen LogP contribution in [0.25, 0.3) is 0 Å². The van der Waals surface area contributed by atoms with Crippen LogP contribution in [0, 0.1) is 0 Å². The molecule has 1 atom stereocenters. The van der Waals surface area contributed by atoms with E-state index in [0.29, 0.717) is 23.6 Å². The summed E-state index contributed by atoms with van der Waals surface area (Å²) in [6.45, 7) is 1.22. The maximum Gasteiger partial charge on any atom is 0.271 e. The van der Waals surface area contributed by atoms with Gasteiger partial charge in [-0.05, 0) is 60.9 Å². The van der Waals surface area contributed by atoms with Crippen LogP contribution < -0.4 is 20.2 Å². The fourth-order valence-electron chi connectivity index (χ4n) is 2.88. The van der Waals surface area contributed by atoms with Gasteiger partial charge in [0, 0.05) is 18.7 Å². The van der Waals surface area contributed by atoms with Crippen molar-refractivity contribution in [3.63, 3.8) is 0 Å². The highest BCUT2D eigenvalue weighted by Crippen LogP contribution is 2.13. The summed E-state index contributed by atoms with van der Waals surface area (Å²) in [5.74, 6) is 0.651. The number of hydrogen-bond acceptors (Lipinski definition) is 6. The maximum atomic E-state index is 12.1. The minimum atomic E-state index is -0.334. The molecule has 3 rings (SSSR count). The lowest BCUT2D eigenvalue weighted by molar-refractivity contribution is -0.123. The van der Waals surface area contributed by atoms with E-state index >= 15 is 0 Å². The predicted molar refractivity (Wildman–Crippen MR) is 112 cm³/mol. The van der Waals surface area contributed by atoms with Gasteiger partial charge in [-0.25, -0.2) is 5.43 Å². The van der Waals surface area contributed by atoms with E-state index in [2.05, 4.69) is 15.8 Å². The lowest BCUT2D eigenvalue weighted by atomic mass is 10.2. The molecule has 30 heavy (non-hydrogen) atoms. The first-order valence-electron chi connectivity index (χ1n) is 9.72. The largest absolute Gasteiger partial charge is 0.497 e. The van der Waals surface area contributed by atoms with E-state index in [1.807, 2.05) is 0 Å². The zero-order chi connectivity index (χ0) is 21.2. The molecule has 0 saturated carbocycles. The quantitative estimate of drug-likeness (QED) is 0.487. The number of carbonyl (C=O) groups excluding carboxylic acids is 2. The van der Waals surface area contributed by atoms with Gasteiger partial charge in [0.1, 0.15) is 11.5 Å². The van der Waals surface area contributed by atoms with Gasteiger partial charge in [-0.2, -0.15) is 5.10 Å². The molecule has 0 bridgehead atoms. The standard InChI is InChI=1S/C22H25N3O5/c1-28-19-5-2-4-17(12-19)22(27)25-24-13-16-7-9-18(10-8-16)30-15-21(26)23-14-20-6-3-11-29-20/h2,4-5,7-10,12-13,20H,3,6,11,14-15H2,1H3,(H,23,26)(H,25,27)/b24-13+. The zero-order valence-electron chi connectivity index (χ0n) is 16.8. The molecule has 1 aliphatic heterocycles. The molecule has 0 aliphatic carbocycles. The molecule has 2 N–H and O–H groups in total. The third-order valence-electron chi connectivity index (χ3n) is 4.51. The molecule has 8 heteroatoms. The Balaban J connectivity index is 1.41. The van der Waals surface area contributed by atoms with Crippen LogP contribution >= 0.6 is 0 Å². The minimum Gasteiger partial charge on any atom is -0.497 e. The highest BCUT2D eigenvalue weighted by molar-refractivity contribution is 5.95. The van der Waals surface area contributed by atoms with Crippen molar-refractivity contribution in [1.29, 1.82) is 0 Å². The molecule has 1 fully saturated rings. The van der Waals surface area contributed by atoms with Crippen molar-refractivity contribution >= 4 is 18.0 Å². The number of methoxy groups -OCH3 is 1. The summed E-state index contributed by atoms with van der Waals surface area (Å²) in [5.41, 5.74) is 3.70. The molecule has 8 nitrogen and oxygen atoms in total. The summed E-state index contributed by atoms with van der Waals surface area (Å²) in [6.07, 6.45) is 3.65. The van der Waals surface area contributed by atoms with E-state index in [-0.39, 0.29) is 24.5 Å². The fraction of sp³-hybridized carbons (Fsp3) is 0.318. The second kappa shape index (κ2) is 11.0. The number of carbonyl (C=O) groups is 2. The second-order valence-electron chi connectivity index (χ2n) is 6.73. The van der Waals surface area contributed by atoms with Crippen molar-refractivity contribution in [2.24, 2.45) is 5.10 Å². The third-order valence-corrected chi connectivity index (χ3v) is 4.51. The number of amides is 2. The van der Waals surface area contributed by atoms with Crippen molar-refractivity contribution < 1.29 is 23.8 Å². The lowest BCUT2D eigenvalue weighted by Crippen LogP contribution is -2.35. The van der Waals surface area contributed by atoms with Gasteiger partial charge in [0.05, 0.1) is 19.4 Å². The van der Waals surface area contributed by atoms with Crippen LogP contribution in [-0.2, 0) is 9.53 Å². The van der Waals surface area contributed by atoms with Gasteiger partial charge in [-0.1, -0.05) is 6.07 Å². The first-order chi connectivity index (χ1) is 14.6. The summed E-state index contributed by atoms with van der Waals surface area (Å²) < 4.78 is 16.0. The Morgan fingerprint density at radius 3 is 2.77 bits per heavy atom. The molecule has 2 aromatic carbocycles. The topological polar surface area (TPSA) is 98.3 Å². The molecule has 0 spiro atoms. The van der Waals surface area contributed by atoms with Gasteiger partial charge in [0.2, 0.25) is 0 Å². The van der Waals surface area contributed by atoms with Crippen LogP contribution in [0.4, 0.5) is 0 Å². The number of nitrogens with one attached hydrogen (secondary N) is 2. The number of nitrogens with zero attached hydrogens (tertiary/aromatic N) is 1. The van der Waals surface area contributed by atoms with Crippen LogP contribution in [0.1, 0.15) is 28.8 Å². The average Bonchev–Trinajstić information content (AvgIpc) is 3.31. The van der Waals surface area contributed by atoms with Gasteiger partial charge in [-0.3, -0.25) is 9.59 Å². The second-order valence-corrected chi connectivity index (χ2v) is 6.73. The molecule has 2 aromatic rings. The fourth-order valence-corrected chi connectivity index (χ4v) is 2.88. The smallest absolute Gasteiger partial charge is 0.271 e. The Morgan fingerprint density at radius 1 is 1.20 bits per heavy atom. The number of hydrazone groups is 1. The summed E-state index contributed by atoms with van der Waals surface area (Å²) in [5, 5.41) is 6.76. The maximum absolute atomic E-state index is 12.1. The normalized spacial score (nSPS) is 15.7. The summed E-state index contributed by atoms with van der Waals surface area (Å²) in [4.78, 5) is 23.9. The SMILES string of the molecule is COc1cccc(C(=O)N/N=C/c2ccc(OCC(=O)NCC3CCCO3)cc2)c1. The van der Waals surface area contributed by atoms with Crippen LogP contribution in [0.2, 0.25) is 0 Å². The summed E-state index contributed by atoms with van der Waals surface area (Å²) in [6, 6.07) is 13.8. The zero-order valence-corrected chi connectivity index (χ0v) is 16.8. The minimum absolute atomic E-state index is 0.0588. The van der Waals surface area contributed by atoms with Crippen molar-refractivity contribution in [2.75, 3.05) is 26.9 Å². The Bertz CT molecular complexity index is 877. The van der Waals surface area contributed by atoms with Gasteiger partial charge >= 0.3 is 0 Å². The van der Waals surface area contributed by atoms with E-state index in [9.17, 15) is 9.59 Å². The number of benzene rings is 2. The molecule has 1 aliphatic rings. The predicted octanol–water partition coefficient (Wildman–Crippen LogP) is 2.13. The molecular weight excluding hydrogens is 386 g/mol. The summed E-state index contributed by atoms with van der Waals surface area (Å²) in [7, 11) is 1.54. The first-order valence-corrected chi connectivity index (χ1v) is 9.72. The molecule has 1 heterocycles. The number of hydrogen-bond donors (Lipinski definition) is 2. The molecule has 1 saturated heterocycles. The number of rotatable bonds is 9. The summed E-state index contributed by atoms with van der Waals surface area (Å²) >= 11 is 0. The van der Waals surface area contributed by atoms with E-state index in [1.54, 1.807) is 55.6 Å². The molecule has 158 valence electrons. The van der Waals surface area contributed by atoms with Crippen molar-refractivity contribution in [1.82, 2.24) is 10.7 Å². The molecular formula is C22H25N3O5. The molecule has 2 amide bonds. The van der Waals surface area contributed by atoms with Gasteiger partial charge in [0.15, 0.2) is 6.61 Å². The Kier molecular flexibility index (Phi) is 7.79. The lowest BCUT2D eigenvalue weighted by Gasteiger charge is -2.11. The van der Waals surface area contributed by atoms with Crippen LogP contribution in [0.5, 0.6) is 11.5 Å². The van der Waals surface area contributed by atoms with Crippen LogP contribution in [0.15, 0.2) is 53.6 Å². The highest BCUT2D eigenvalue weighted by atomic mass is 16.5. The van der Waals surface area contributed by atoms with E-state index in [4.69, 9.17) is 14.2 Å². The Morgan fingerprint density at radius 2 is 2.03 bits per heavy atom. The molecule has 0 radical (unpaired) electrons. The number of ether oxygens (including phenoxy) is 3. The van der Waals surface area contributed by atoms with Gasteiger partial charge < -0.3 is 19.5 Å². The van der Waals surface area contributed by atoms with Crippen LogP contribution in [0.3, 0.4) is 0 Å². The van der Waals surface area contributed by atoms with Crippen molar-refractivity contribution in [3.8, 4) is 11.5 Å². The van der Waals surface area contributed by atoms with Gasteiger partial charge in [0.25, 0.3) is 11.8 Å². The van der Waals surface area contributed by atoms with E-state index in [0.717, 1.165) is 25.0 Å². The Hall–Kier alpha value is -3.39. The molecule has 1 unspecified atom stereocenters. The van der Waals surface area contributed by atoms with Crippen LogP contribution in [-0.4, -0.2) is 51.0 Å².